The maximum Gasteiger partial charge on any atom is 0.337 e. The number of carbonyl (C=O) groups is 1. The first-order valence-electron chi connectivity index (χ1n) is 10.7. The first-order chi connectivity index (χ1) is 15.6. The number of pyridine rings is 1. The van der Waals surface area contributed by atoms with Gasteiger partial charge in [-0.15, -0.1) is 22.7 Å². The Kier molecular flexibility index (Phi) is 6.10. The number of thiophene rings is 2. The van der Waals surface area contributed by atoms with Gasteiger partial charge in [-0.25, -0.2) is 4.79 Å². The molecule has 166 valence electrons. The summed E-state index contributed by atoms with van der Waals surface area (Å²) < 4.78 is 14.0. The number of carboxylic acid groups (broad SMARTS) is 1. The van der Waals surface area contributed by atoms with E-state index in [9.17, 15) is 9.90 Å². The summed E-state index contributed by atoms with van der Waals surface area (Å²) in [5, 5.41) is 10.2. The molecule has 0 amide bonds. The summed E-state index contributed by atoms with van der Waals surface area (Å²) in [7, 11) is 0. The van der Waals surface area contributed by atoms with Gasteiger partial charge in [-0.2, -0.15) is 0 Å². The number of rotatable bonds is 8. The summed E-state index contributed by atoms with van der Waals surface area (Å²) in [6.45, 7) is 6.51. The van der Waals surface area contributed by atoms with Crippen LogP contribution < -0.4 is 4.74 Å². The minimum Gasteiger partial charge on any atom is -0.478 e. The molecule has 1 N–H and O–H groups in total. The van der Waals surface area contributed by atoms with Gasteiger partial charge in [0.1, 0.15) is 11.5 Å². The van der Waals surface area contributed by atoms with Gasteiger partial charge in [0.2, 0.25) is 0 Å². The number of nitrogens with zero attached hydrogens (tertiary/aromatic N) is 2. The maximum absolute atomic E-state index is 11.5. The Morgan fingerprint density at radius 1 is 1.19 bits per heavy atom. The van der Waals surface area contributed by atoms with Crippen LogP contribution in [0.2, 0.25) is 0 Å². The van der Waals surface area contributed by atoms with Crippen molar-refractivity contribution < 1.29 is 19.4 Å². The zero-order valence-corrected chi connectivity index (χ0v) is 19.4. The van der Waals surface area contributed by atoms with Crippen LogP contribution in [0.3, 0.4) is 0 Å². The minimum absolute atomic E-state index is 0.371. The fraction of sp³-hybridized carbons (Fsp3) is 0.333. The second-order valence-corrected chi connectivity index (χ2v) is 10.3. The van der Waals surface area contributed by atoms with Crippen LogP contribution in [0.25, 0.3) is 20.3 Å². The van der Waals surface area contributed by atoms with Crippen LogP contribution in [0, 0.1) is 6.92 Å². The van der Waals surface area contributed by atoms with Gasteiger partial charge < -0.3 is 19.5 Å². The molecule has 0 unspecified atom stereocenters. The lowest BCUT2D eigenvalue weighted by Crippen LogP contribution is -2.23. The van der Waals surface area contributed by atoms with E-state index in [-0.39, 0.29) is 0 Å². The highest BCUT2D eigenvalue weighted by Crippen LogP contribution is 2.38. The van der Waals surface area contributed by atoms with Crippen LogP contribution in [0.5, 0.6) is 11.5 Å². The number of ether oxygens (including phenoxy) is 2. The average molecular weight is 469 g/mol. The molecule has 0 radical (unpaired) electrons. The van der Waals surface area contributed by atoms with Crippen molar-refractivity contribution in [3.63, 3.8) is 0 Å². The molecule has 1 aromatic carbocycles. The van der Waals surface area contributed by atoms with E-state index >= 15 is 0 Å². The molecule has 32 heavy (non-hydrogen) atoms. The summed E-state index contributed by atoms with van der Waals surface area (Å²) in [6, 6.07) is 9.48. The topological polar surface area (TPSA) is 71.9 Å². The molecule has 0 saturated carbocycles. The molecule has 1 aliphatic rings. The predicted octanol–water partition coefficient (Wildman–Crippen LogP) is 5.92. The van der Waals surface area contributed by atoms with Crippen molar-refractivity contribution >= 4 is 48.9 Å². The molecule has 0 aliphatic carbocycles. The van der Waals surface area contributed by atoms with Crippen molar-refractivity contribution in [2.24, 2.45) is 0 Å². The van der Waals surface area contributed by atoms with Gasteiger partial charge in [-0.1, -0.05) is 0 Å². The van der Waals surface area contributed by atoms with Crippen molar-refractivity contribution in [1.29, 1.82) is 0 Å². The summed E-state index contributed by atoms with van der Waals surface area (Å²) in [6.07, 6.45) is 4.34. The molecule has 0 bridgehead atoms. The van der Waals surface area contributed by atoms with Crippen molar-refractivity contribution in [3.05, 3.63) is 51.8 Å². The molecule has 5 rings (SSSR count). The molecular formula is C24H24N2O4S2. The van der Waals surface area contributed by atoms with Gasteiger partial charge in [0.05, 0.1) is 29.0 Å². The van der Waals surface area contributed by atoms with Crippen molar-refractivity contribution in [2.75, 3.05) is 26.2 Å². The zero-order valence-electron chi connectivity index (χ0n) is 17.8. The SMILES string of the molecule is Cc1sc2cc(Oc3ccnc4cc(COCCN5CCCC5)sc34)ccc2c1C(=O)O. The largest absolute Gasteiger partial charge is 0.478 e. The average Bonchev–Trinajstić information content (AvgIpc) is 3.49. The van der Waals surface area contributed by atoms with Crippen molar-refractivity contribution in [2.45, 2.75) is 26.4 Å². The fourth-order valence-electron chi connectivity index (χ4n) is 4.14. The fourth-order valence-corrected chi connectivity index (χ4v) is 6.23. The quantitative estimate of drug-likeness (QED) is 0.324. The Hall–Kier alpha value is -2.52. The Labute approximate surface area is 194 Å². The zero-order chi connectivity index (χ0) is 22.1. The number of aryl methyl sites for hydroxylation is 1. The highest BCUT2D eigenvalue weighted by Gasteiger charge is 2.17. The van der Waals surface area contributed by atoms with E-state index in [4.69, 9.17) is 9.47 Å². The van der Waals surface area contributed by atoms with Gasteiger partial charge in [0, 0.05) is 38.6 Å². The van der Waals surface area contributed by atoms with Gasteiger partial charge >= 0.3 is 5.97 Å². The van der Waals surface area contributed by atoms with Crippen LogP contribution in [0.4, 0.5) is 0 Å². The van der Waals surface area contributed by atoms with Gasteiger partial charge in [-0.3, -0.25) is 4.98 Å². The lowest BCUT2D eigenvalue weighted by atomic mass is 10.1. The van der Waals surface area contributed by atoms with Crippen molar-refractivity contribution in [3.8, 4) is 11.5 Å². The second kappa shape index (κ2) is 9.15. The lowest BCUT2D eigenvalue weighted by molar-refractivity contribution is 0.0699. The summed E-state index contributed by atoms with van der Waals surface area (Å²) in [4.78, 5) is 20.4. The smallest absolute Gasteiger partial charge is 0.337 e. The monoisotopic (exact) mass is 468 g/mol. The maximum atomic E-state index is 11.5. The van der Waals surface area contributed by atoms with Crippen LogP contribution in [-0.2, 0) is 11.3 Å². The van der Waals surface area contributed by atoms with Gasteiger partial charge in [0.25, 0.3) is 0 Å². The van der Waals surface area contributed by atoms with E-state index in [2.05, 4.69) is 16.0 Å². The molecule has 8 heteroatoms. The molecule has 1 fully saturated rings. The number of aromatic carboxylic acids is 1. The highest BCUT2D eigenvalue weighted by molar-refractivity contribution is 7.19. The molecule has 4 aromatic rings. The minimum atomic E-state index is -0.896. The molecule has 4 heterocycles. The van der Waals surface area contributed by atoms with E-state index in [0.29, 0.717) is 17.9 Å². The van der Waals surface area contributed by atoms with Gasteiger partial charge in [-0.05, 0) is 57.1 Å². The first kappa shape index (κ1) is 21.3. The van der Waals surface area contributed by atoms with Crippen LogP contribution in [0.15, 0.2) is 36.5 Å². The van der Waals surface area contributed by atoms with E-state index in [1.165, 1.54) is 37.3 Å². The Morgan fingerprint density at radius 2 is 2.03 bits per heavy atom. The molecular weight excluding hydrogens is 444 g/mol. The number of likely N-dealkylation sites (tertiary alicyclic amines) is 1. The number of hydrogen-bond acceptors (Lipinski definition) is 7. The Balaban J connectivity index is 1.31. The van der Waals surface area contributed by atoms with E-state index in [1.54, 1.807) is 17.5 Å². The number of carboxylic acids is 1. The predicted molar refractivity (Wildman–Crippen MR) is 129 cm³/mol. The third-order valence-electron chi connectivity index (χ3n) is 5.70. The Bertz CT molecular complexity index is 1270. The second-order valence-electron chi connectivity index (χ2n) is 7.94. The normalized spacial score (nSPS) is 14.5. The third kappa shape index (κ3) is 4.36. The number of aromatic nitrogens is 1. The molecule has 0 spiro atoms. The Morgan fingerprint density at radius 3 is 2.84 bits per heavy atom. The summed E-state index contributed by atoms with van der Waals surface area (Å²) in [5.41, 5.74) is 1.27. The number of benzene rings is 1. The van der Waals surface area contributed by atoms with E-state index in [0.717, 1.165) is 49.0 Å². The standard InChI is InChI=1S/C24H24N2O4S2/c1-15-22(24(27)28)18-5-4-16(12-21(18)31-15)30-20-6-7-25-19-13-17(32-23(19)20)14-29-11-10-26-8-2-3-9-26/h4-7,12-13H,2-3,8-11,14H2,1H3,(H,27,28). The van der Waals surface area contributed by atoms with Crippen molar-refractivity contribution in [1.82, 2.24) is 9.88 Å². The van der Waals surface area contributed by atoms with Gasteiger partial charge in [0.15, 0.2) is 0 Å². The van der Waals surface area contributed by atoms with E-state index in [1.807, 2.05) is 31.2 Å². The number of hydrogen-bond donors (Lipinski definition) is 1. The molecule has 0 atom stereocenters. The van der Waals surface area contributed by atoms with Crippen LogP contribution in [0.1, 0.15) is 33.0 Å². The third-order valence-corrected chi connectivity index (χ3v) is 7.88. The molecule has 1 aliphatic heterocycles. The van der Waals surface area contributed by atoms with Crippen LogP contribution >= 0.6 is 22.7 Å². The van der Waals surface area contributed by atoms with E-state index < -0.39 is 5.97 Å². The molecule has 1 saturated heterocycles. The summed E-state index contributed by atoms with van der Waals surface area (Å²) >= 11 is 3.11. The summed E-state index contributed by atoms with van der Waals surface area (Å²) in [5.74, 6) is 0.529. The molecule has 3 aromatic heterocycles. The van der Waals surface area contributed by atoms with Crippen LogP contribution in [-0.4, -0.2) is 47.2 Å². The molecule has 6 nitrogen and oxygen atoms in total. The highest BCUT2D eigenvalue weighted by atomic mass is 32.1. The lowest BCUT2D eigenvalue weighted by Gasteiger charge is -2.13. The first-order valence-corrected chi connectivity index (χ1v) is 12.3. The number of fused-ring (bicyclic) bond motifs is 2.